The molecule has 0 unspecified atom stereocenters. The zero-order valence-electron chi connectivity index (χ0n) is 16.8. The number of ether oxygens (including phenoxy) is 1. The maximum Gasteiger partial charge on any atom is 0.323 e. The predicted molar refractivity (Wildman–Crippen MR) is 121 cm³/mol. The number of nitrogens with one attached hydrogen (secondary N) is 3. The van der Waals surface area contributed by atoms with Crippen LogP contribution in [-0.2, 0) is 4.79 Å². The van der Waals surface area contributed by atoms with Gasteiger partial charge >= 0.3 is 11.9 Å². The summed E-state index contributed by atoms with van der Waals surface area (Å²) in [4.78, 5) is 26.8. The van der Waals surface area contributed by atoms with E-state index in [-0.39, 0.29) is 24.2 Å². The number of urea groups is 1. The molecule has 4 N–H and O–H groups in total. The number of para-hydroxylation sites is 2. The molecule has 0 bridgehead atoms. The Morgan fingerprint density at radius 1 is 0.875 bits per heavy atom. The summed E-state index contributed by atoms with van der Waals surface area (Å²) in [5.41, 5.74) is 2.12. The number of nitrogens with zero attached hydrogens (tertiary/aromatic N) is 2. The van der Waals surface area contributed by atoms with Crippen molar-refractivity contribution >= 4 is 39.9 Å². The third-order valence-corrected chi connectivity index (χ3v) is 4.43. The van der Waals surface area contributed by atoms with Gasteiger partial charge in [-0.3, -0.25) is 4.79 Å². The van der Waals surface area contributed by atoms with Crippen molar-refractivity contribution in [3.05, 3.63) is 78.9 Å². The third-order valence-electron chi connectivity index (χ3n) is 4.43. The summed E-state index contributed by atoms with van der Waals surface area (Å²) in [6, 6.07) is 22.4. The number of carbonyl (C=O) groups is 2. The summed E-state index contributed by atoms with van der Waals surface area (Å²) in [6.45, 7) is -0.326. The molecule has 9 nitrogen and oxygen atoms in total. The molecule has 0 atom stereocenters. The Balaban J connectivity index is 1.29. The molecule has 4 rings (SSSR count). The van der Waals surface area contributed by atoms with Crippen molar-refractivity contribution in [3.63, 3.8) is 0 Å². The molecule has 1 aromatic heterocycles. The average molecular weight is 429 g/mol. The highest BCUT2D eigenvalue weighted by atomic mass is 16.5. The van der Waals surface area contributed by atoms with Gasteiger partial charge < -0.3 is 25.5 Å². The van der Waals surface area contributed by atoms with E-state index in [0.717, 1.165) is 0 Å². The smallest absolute Gasteiger partial charge is 0.323 e. The number of fused-ring (bicyclic) bond motifs is 1. The lowest BCUT2D eigenvalue weighted by Crippen LogP contribution is -2.19. The van der Waals surface area contributed by atoms with Gasteiger partial charge in [0.25, 0.3) is 0 Å². The molecule has 0 radical (unpaired) electrons. The van der Waals surface area contributed by atoms with E-state index in [0.29, 0.717) is 28.0 Å². The SMILES string of the molecule is O=C(COc1ccc(NC(=O)Nc2ccccc2)cc1)N=Nc1c(O)[nH]c2ccccc12. The second-order valence-corrected chi connectivity index (χ2v) is 6.72. The van der Waals surface area contributed by atoms with Crippen molar-refractivity contribution in [2.45, 2.75) is 0 Å². The van der Waals surface area contributed by atoms with E-state index in [2.05, 4.69) is 25.8 Å². The summed E-state index contributed by atoms with van der Waals surface area (Å²) in [5, 5.41) is 23.5. The summed E-state index contributed by atoms with van der Waals surface area (Å²) in [6.07, 6.45) is 0. The zero-order chi connectivity index (χ0) is 22.3. The Morgan fingerprint density at radius 3 is 2.28 bits per heavy atom. The van der Waals surface area contributed by atoms with Gasteiger partial charge in [-0.1, -0.05) is 36.4 Å². The van der Waals surface area contributed by atoms with E-state index in [4.69, 9.17) is 4.74 Å². The summed E-state index contributed by atoms with van der Waals surface area (Å²) in [5.74, 6) is -0.348. The maximum atomic E-state index is 12.0. The molecule has 4 aromatic rings. The molecule has 0 spiro atoms. The Labute approximate surface area is 182 Å². The molecule has 0 aliphatic rings. The quantitative estimate of drug-likeness (QED) is 0.314. The number of azo groups is 1. The number of aromatic nitrogens is 1. The zero-order valence-corrected chi connectivity index (χ0v) is 16.8. The number of hydrogen-bond donors (Lipinski definition) is 4. The number of anilines is 2. The van der Waals surface area contributed by atoms with Crippen LogP contribution in [0.1, 0.15) is 0 Å². The minimum absolute atomic E-state index is 0.164. The number of hydrogen-bond acceptors (Lipinski definition) is 5. The van der Waals surface area contributed by atoms with Gasteiger partial charge in [0.2, 0.25) is 5.88 Å². The van der Waals surface area contributed by atoms with Crippen molar-refractivity contribution in [1.82, 2.24) is 4.98 Å². The van der Waals surface area contributed by atoms with Crippen molar-refractivity contribution in [2.24, 2.45) is 10.2 Å². The second kappa shape index (κ2) is 9.43. The van der Waals surface area contributed by atoms with Gasteiger partial charge in [-0.05, 0) is 42.5 Å². The van der Waals surface area contributed by atoms with Gasteiger partial charge in [0.05, 0.1) is 5.52 Å². The van der Waals surface area contributed by atoms with Crippen molar-refractivity contribution < 1.29 is 19.4 Å². The van der Waals surface area contributed by atoms with Crippen LogP contribution in [0.3, 0.4) is 0 Å². The Morgan fingerprint density at radius 2 is 1.53 bits per heavy atom. The van der Waals surface area contributed by atoms with Crippen LogP contribution < -0.4 is 15.4 Å². The molecule has 1 heterocycles. The first-order valence-electron chi connectivity index (χ1n) is 9.68. The lowest BCUT2D eigenvalue weighted by molar-refractivity contribution is -0.120. The molecule has 0 saturated heterocycles. The van der Waals surface area contributed by atoms with Gasteiger partial charge in [-0.15, -0.1) is 10.2 Å². The molecule has 0 saturated carbocycles. The first kappa shape index (κ1) is 20.6. The fraction of sp³-hybridized carbons (Fsp3) is 0.0435. The van der Waals surface area contributed by atoms with E-state index in [9.17, 15) is 14.7 Å². The summed E-state index contributed by atoms with van der Waals surface area (Å²) < 4.78 is 5.41. The van der Waals surface area contributed by atoms with Crippen LogP contribution in [0.25, 0.3) is 10.9 Å². The first-order chi connectivity index (χ1) is 15.6. The van der Waals surface area contributed by atoms with E-state index in [1.54, 1.807) is 54.6 Å². The lowest BCUT2D eigenvalue weighted by atomic mass is 10.2. The lowest BCUT2D eigenvalue weighted by Gasteiger charge is -2.08. The number of amides is 3. The Kier molecular flexibility index (Phi) is 6.08. The van der Waals surface area contributed by atoms with E-state index in [1.165, 1.54) is 0 Å². The van der Waals surface area contributed by atoms with Crippen molar-refractivity contribution in [1.29, 1.82) is 0 Å². The number of carbonyl (C=O) groups excluding carboxylic acids is 2. The summed E-state index contributed by atoms with van der Waals surface area (Å²) in [7, 11) is 0. The molecular formula is C23H19N5O4. The molecule has 0 fully saturated rings. The molecule has 32 heavy (non-hydrogen) atoms. The highest BCUT2D eigenvalue weighted by molar-refractivity contribution is 5.99. The molecule has 0 aliphatic heterocycles. The van der Waals surface area contributed by atoms with Crippen LogP contribution in [0.2, 0.25) is 0 Å². The minimum atomic E-state index is -0.612. The van der Waals surface area contributed by atoms with Gasteiger partial charge in [-0.2, -0.15) is 0 Å². The van der Waals surface area contributed by atoms with Gasteiger partial charge in [-0.25, -0.2) is 4.79 Å². The van der Waals surface area contributed by atoms with Crippen LogP contribution in [0.15, 0.2) is 89.1 Å². The standard InChI is InChI=1S/C23H19N5O4/c29-20(27-28-21-18-8-4-5-9-19(18)26-22(21)30)14-32-17-12-10-16(11-13-17)25-23(31)24-15-6-2-1-3-7-15/h1-13,26,30H,14H2,(H2,24,25,31). The van der Waals surface area contributed by atoms with E-state index >= 15 is 0 Å². The van der Waals surface area contributed by atoms with Crippen LogP contribution >= 0.6 is 0 Å². The van der Waals surface area contributed by atoms with E-state index in [1.807, 2.05) is 24.3 Å². The maximum absolute atomic E-state index is 12.0. The van der Waals surface area contributed by atoms with Crippen molar-refractivity contribution in [3.8, 4) is 11.6 Å². The molecule has 0 aliphatic carbocycles. The van der Waals surface area contributed by atoms with Gasteiger partial charge in [0.1, 0.15) is 5.75 Å². The monoisotopic (exact) mass is 429 g/mol. The molecule has 160 valence electrons. The van der Waals surface area contributed by atoms with Crippen LogP contribution in [0.5, 0.6) is 11.6 Å². The highest BCUT2D eigenvalue weighted by Crippen LogP contribution is 2.35. The fourth-order valence-corrected chi connectivity index (χ4v) is 2.94. The highest BCUT2D eigenvalue weighted by Gasteiger charge is 2.10. The second-order valence-electron chi connectivity index (χ2n) is 6.72. The fourth-order valence-electron chi connectivity index (χ4n) is 2.94. The third kappa shape index (κ3) is 5.08. The number of aromatic amines is 1. The topological polar surface area (TPSA) is 128 Å². The number of H-pyrrole nitrogens is 1. The molecular weight excluding hydrogens is 410 g/mol. The minimum Gasteiger partial charge on any atom is -0.493 e. The summed E-state index contributed by atoms with van der Waals surface area (Å²) >= 11 is 0. The van der Waals surface area contributed by atoms with E-state index < -0.39 is 5.91 Å². The number of rotatable bonds is 6. The average Bonchev–Trinajstić information content (AvgIpc) is 3.12. The number of benzene rings is 3. The molecule has 9 heteroatoms. The first-order valence-corrected chi connectivity index (χ1v) is 9.68. The van der Waals surface area contributed by atoms with Crippen LogP contribution in [0, 0.1) is 0 Å². The van der Waals surface area contributed by atoms with Gasteiger partial charge in [0, 0.05) is 16.8 Å². The van der Waals surface area contributed by atoms with Crippen LogP contribution in [0.4, 0.5) is 21.9 Å². The molecule has 3 aromatic carbocycles. The largest absolute Gasteiger partial charge is 0.493 e. The Bertz CT molecular complexity index is 1270. The van der Waals surface area contributed by atoms with Gasteiger partial charge in [0.15, 0.2) is 12.3 Å². The van der Waals surface area contributed by atoms with Crippen molar-refractivity contribution in [2.75, 3.05) is 17.2 Å². The predicted octanol–water partition coefficient (Wildman–Crippen LogP) is 5.21. The molecule has 3 amide bonds. The van der Waals surface area contributed by atoms with Crippen LogP contribution in [-0.4, -0.2) is 28.6 Å². The normalized spacial score (nSPS) is 10.9. The Hall–Kier alpha value is -4.66. The number of aromatic hydroxyl groups is 1.